The summed E-state index contributed by atoms with van der Waals surface area (Å²) in [5.74, 6) is 0.607. The van der Waals surface area contributed by atoms with Crippen LogP contribution in [0.4, 0.5) is 0 Å². The first-order chi connectivity index (χ1) is 11.3. The highest BCUT2D eigenvalue weighted by Gasteiger charge is 2.26. The molecular formula is C15H11ClN6O. The summed E-state index contributed by atoms with van der Waals surface area (Å²) in [6, 6.07) is 5.70. The van der Waals surface area contributed by atoms with E-state index < -0.39 is 0 Å². The molecule has 3 aromatic rings. The van der Waals surface area contributed by atoms with Gasteiger partial charge in [-0.05, 0) is 18.2 Å². The maximum atomic E-state index is 6.17. The molecule has 0 spiro atoms. The van der Waals surface area contributed by atoms with E-state index in [1.54, 1.807) is 12.5 Å². The van der Waals surface area contributed by atoms with E-state index in [1.165, 1.54) is 0 Å². The van der Waals surface area contributed by atoms with Gasteiger partial charge in [-0.3, -0.25) is 4.57 Å². The molecule has 0 atom stereocenters. The van der Waals surface area contributed by atoms with Crippen LogP contribution in [0.3, 0.4) is 0 Å². The minimum absolute atomic E-state index is 0.604. The summed E-state index contributed by atoms with van der Waals surface area (Å²) in [6.45, 7) is 1.28. The summed E-state index contributed by atoms with van der Waals surface area (Å²) < 4.78 is 9.45. The predicted octanol–water partition coefficient (Wildman–Crippen LogP) is 1.79. The van der Waals surface area contributed by atoms with Crippen molar-refractivity contribution in [3.8, 4) is 11.4 Å². The summed E-state index contributed by atoms with van der Waals surface area (Å²) in [4.78, 5) is 8.91. The molecule has 0 amide bonds. The number of ether oxygens (including phenoxy) is 1. The molecule has 0 radical (unpaired) electrons. The second-order valence-corrected chi connectivity index (χ2v) is 5.83. The molecule has 0 unspecified atom stereocenters. The standard InChI is InChI=1S/C15H11ClN6O/c16-9-1-2-11-12(5-9)22-10(7-19-20-22)6-13-14(18-8-21(11)13)15-17-3-4-23-15/h1-2,5,7-8H,3-4,6H2. The van der Waals surface area contributed by atoms with Crippen LogP contribution in [0.25, 0.3) is 11.4 Å². The van der Waals surface area contributed by atoms with Crippen LogP contribution in [0, 0.1) is 0 Å². The smallest absolute Gasteiger partial charge is 0.237 e. The molecule has 2 aromatic heterocycles. The molecule has 8 heteroatoms. The summed E-state index contributed by atoms with van der Waals surface area (Å²) in [6.07, 6.45) is 4.19. The number of halogens is 1. The second-order valence-electron chi connectivity index (χ2n) is 5.39. The second kappa shape index (κ2) is 4.66. The molecule has 0 saturated heterocycles. The first kappa shape index (κ1) is 12.8. The van der Waals surface area contributed by atoms with Crippen molar-refractivity contribution in [1.29, 1.82) is 0 Å². The number of hydrogen-bond donors (Lipinski definition) is 0. The lowest BCUT2D eigenvalue weighted by molar-refractivity contribution is 0.347. The lowest BCUT2D eigenvalue weighted by Gasteiger charge is -2.10. The number of rotatable bonds is 1. The summed E-state index contributed by atoms with van der Waals surface area (Å²) in [5.41, 5.74) is 4.58. The number of benzene rings is 1. The van der Waals surface area contributed by atoms with Crippen molar-refractivity contribution in [3.05, 3.63) is 52.8 Å². The molecule has 0 fully saturated rings. The number of aliphatic imine (C=N–C) groups is 1. The van der Waals surface area contributed by atoms with Gasteiger partial charge >= 0.3 is 0 Å². The molecule has 1 aromatic carbocycles. The van der Waals surface area contributed by atoms with Gasteiger partial charge in [-0.25, -0.2) is 14.7 Å². The van der Waals surface area contributed by atoms with E-state index in [0.717, 1.165) is 28.5 Å². The fourth-order valence-electron chi connectivity index (χ4n) is 3.03. The fourth-order valence-corrected chi connectivity index (χ4v) is 3.19. The molecule has 2 aliphatic rings. The average Bonchev–Trinajstić information content (AvgIpc) is 3.27. The van der Waals surface area contributed by atoms with Gasteiger partial charge in [-0.15, -0.1) is 5.10 Å². The fraction of sp³-hybridized carbons (Fsp3) is 0.200. The zero-order chi connectivity index (χ0) is 15.4. The van der Waals surface area contributed by atoms with Crippen molar-refractivity contribution in [2.75, 3.05) is 13.2 Å². The minimum Gasteiger partial charge on any atom is -0.474 e. The van der Waals surface area contributed by atoms with Gasteiger partial charge in [-0.1, -0.05) is 16.8 Å². The van der Waals surface area contributed by atoms with Crippen LogP contribution in [0.5, 0.6) is 0 Å². The summed E-state index contributed by atoms with van der Waals surface area (Å²) in [5, 5.41) is 8.89. The van der Waals surface area contributed by atoms with Crippen molar-refractivity contribution in [2.45, 2.75) is 6.42 Å². The molecule has 0 bridgehead atoms. The van der Waals surface area contributed by atoms with E-state index >= 15 is 0 Å². The van der Waals surface area contributed by atoms with Gasteiger partial charge in [0.1, 0.15) is 18.6 Å². The quantitative estimate of drug-likeness (QED) is 0.534. The monoisotopic (exact) mass is 326 g/mol. The normalized spacial score (nSPS) is 15.3. The number of fused-ring (bicyclic) bond motifs is 5. The predicted molar refractivity (Wildman–Crippen MR) is 83.7 cm³/mol. The Morgan fingerprint density at radius 2 is 2.17 bits per heavy atom. The average molecular weight is 327 g/mol. The van der Waals surface area contributed by atoms with E-state index in [0.29, 0.717) is 30.5 Å². The summed E-state index contributed by atoms with van der Waals surface area (Å²) in [7, 11) is 0. The number of imidazole rings is 1. The number of aromatic nitrogens is 5. The first-order valence-electron chi connectivity index (χ1n) is 7.25. The van der Waals surface area contributed by atoms with Crippen molar-refractivity contribution >= 4 is 17.5 Å². The number of hydrogen-bond acceptors (Lipinski definition) is 5. The lowest BCUT2D eigenvalue weighted by atomic mass is 10.2. The molecule has 114 valence electrons. The molecule has 7 nitrogen and oxygen atoms in total. The highest BCUT2D eigenvalue weighted by Crippen LogP contribution is 2.30. The van der Waals surface area contributed by atoms with Crippen LogP contribution < -0.4 is 0 Å². The Morgan fingerprint density at radius 1 is 1.22 bits per heavy atom. The molecule has 2 aliphatic heterocycles. The van der Waals surface area contributed by atoms with Crippen molar-refractivity contribution in [2.24, 2.45) is 4.99 Å². The van der Waals surface area contributed by atoms with Gasteiger partial charge < -0.3 is 4.74 Å². The van der Waals surface area contributed by atoms with Gasteiger partial charge in [0, 0.05) is 11.4 Å². The zero-order valence-electron chi connectivity index (χ0n) is 12.0. The SMILES string of the molecule is Clc1ccc2c(c1)-n1nncc1Cc1c(C3=NCCO3)ncn1-2. The number of nitrogens with zero attached hydrogens (tertiary/aromatic N) is 6. The van der Waals surface area contributed by atoms with E-state index in [-0.39, 0.29) is 0 Å². The van der Waals surface area contributed by atoms with Gasteiger partial charge in [0.25, 0.3) is 0 Å². The topological polar surface area (TPSA) is 70.1 Å². The third kappa shape index (κ3) is 1.83. The van der Waals surface area contributed by atoms with Crippen molar-refractivity contribution in [1.82, 2.24) is 24.5 Å². The van der Waals surface area contributed by atoms with E-state index in [4.69, 9.17) is 16.3 Å². The largest absolute Gasteiger partial charge is 0.474 e. The molecule has 0 saturated carbocycles. The molecule has 4 heterocycles. The van der Waals surface area contributed by atoms with Gasteiger partial charge in [0.15, 0.2) is 0 Å². The molecule has 0 N–H and O–H groups in total. The Kier molecular flexibility index (Phi) is 2.60. The maximum absolute atomic E-state index is 6.17. The van der Waals surface area contributed by atoms with Crippen LogP contribution in [-0.2, 0) is 11.2 Å². The third-order valence-electron chi connectivity index (χ3n) is 4.05. The Balaban J connectivity index is 1.80. The molecule has 23 heavy (non-hydrogen) atoms. The Labute approximate surface area is 136 Å². The Morgan fingerprint density at radius 3 is 3.04 bits per heavy atom. The van der Waals surface area contributed by atoms with Gasteiger partial charge in [0.2, 0.25) is 5.90 Å². The minimum atomic E-state index is 0.604. The summed E-state index contributed by atoms with van der Waals surface area (Å²) >= 11 is 6.17. The zero-order valence-corrected chi connectivity index (χ0v) is 12.7. The lowest BCUT2D eigenvalue weighted by Crippen LogP contribution is -2.08. The van der Waals surface area contributed by atoms with E-state index in [9.17, 15) is 0 Å². The van der Waals surface area contributed by atoms with Crippen molar-refractivity contribution < 1.29 is 4.74 Å². The highest BCUT2D eigenvalue weighted by molar-refractivity contribution is 6.30. The third-order valence-corrected chi connectivity index (χ3v) is 4.28. The van der Waals surface area contributed by atoms with Gasteiger partial charge in [0.05, 0.1) is 35.5 Å². The first-order valence-corrected chi connectivity index (χ1v) is 7.63. The van der Waals surface area contributed by atoms with Crippen LogP contribution >= 0.6 is 11.6 Å². The van der Waals surface area contributed by atoms with Crippen LogP contribution in [0.2, 0.25) is 5.02 Å². The van der Waals surface area contributed by atoms with E-state index in [2.05, 4.69) is 20.3 Å². The van der Waals surface area contributed by atoms with Crippen LogP contribution in [-0.4, -0.2) is 43.6 Å². The Hall–Kier alpha value is -2.67. The molecule has 5 rings (SSSR count). The maximum Gasteiger partial charge on any atom is 0.237 e. The van der Waals surface area contributed by atoms with Crippen molar-refractivity contribution in [3.63, 3.8) is 0 Å². The highest BCUT2D eigenvalue weighted by atomic mass is 35.5. The Bertz CT molecular complexity index is 957. The van der Waals surface area contributed by atoms with Gasteiger partial charge in [-0.2, -0.15) is 0 Å². The molecule has 0 aliphatic carbocycles. The molecular weight excluding hydrogens is 316 g/mol. The van der Waals surface area contributed by atoms with Crippen LogP contribution in [0.15, 0.2) is 35.7 Å². The van der Waals surface area contributed by atoms with Crippen LogP contribution in [0.1, 0.15) is 17.1 Å². The van der Waals surface area contributed by atoms with E-state index in [1.807, 2.05) is 27.4 Å².